The van der Waals surface area contributed by atoms with E-state index in [1.807, 2.05) is 19.9 Å². The highest BCUT2D eigenvalue weighted by Gasteiger charge is 2.13. The molecule has 72 valence electrons. The van der Waals surface area contributed by atoms with Gasteiger partial charge in [-0.2, -0.15) is 0 Å². The van der Waals surface area contributed by atoms with Crippen molar-refractivity contribution in [3.63, 3.8) is 0 Å². The molecule has 1 aromatic heterocycles. The quantitative estimate of drug-likeness (QED) is 0.767. The molecule has 0 fully saturated rings. The summed E-state index contributed by atoms with van der Waals surface area (Å²) in [5.74, 6) is -0.351. The average Bonchev–Trinajstić information content (AvgIpc) is 2.28. The molecule has 4 N–H and O–H groups in total. The van der Waals surface area contributed by atoms with Crippen LogP contribution in [-0.4, -0.2) is 5.91 Å². The number of carbonyl (C=O) groups excluding carboxylic acids is 1. The van der Waals surface area contributed by atoms with E-state index < -0.39 is 0 Å². The Kier molecular flexibility index (Phi) is 3.06. The van der Waals surface area contributed by atoms with Crippen LogP contribution in [-0.2, 0) is 4.79 Å². The van der Waals surface area contributed by atoms with Crippen molar-refractivity contribution in [3.8, 4) is 0 Å². The fraction of sp³-hybridized carbons (Fsp3) is 0.444. The smallest absolute Gasteiger partial charge is 0.219 e. The van der Waals surface area contributed by atoms with Crippen LogP contribution in [0.3, 0.4) is 0 Å². The first-order valence-corrected chi connectivity index (χ1v) is 4.93. The number of nitrogens with two attached hydrogens (primary N) is 2. The summed E-state index contributed by atoms with van der Waals surface area (Å²) in [6.07, 6.45) is 0.219. The predicted molar refractivity (Wildman–Crippen MR) is 54.5 cm³/mol. The lowest BCUT2D eigenvalue weighted by atomic mass is 10.1. The molecular formula is C9H14N2OS. The van der Waals surface area contributed by atoms with Crippen LogP contribution < -0.4 is 11.5 Å². The van der Waals surface area contributed by atoms with Gasteiger partial charge in [0.05, 0.1) is 0 Å². The SMILES string of the molecule is Cc1cc(C(N)CC(N)=O)c(C)s1. The van der Waals surface area contributed by atoms with Gasteiger partial charge in [0.2, 0.25) is 5.91 Å². The summed E-state index contributed by atoms with van der Waals surface area (Å²) >= 11 is 1.69. The fourth-order valence-electron chi connectivity index (χ4n) is 1.35. The lowest BCUT2D eigenvalue weighted by Crippen LogP contribution is -2.20. The topological polar surface area (TPSA) is 69.1 Å². The first-order valence-electron chi connectivity index (χ1n) is 4.11. The maximum Gasteiger partial charge on any atom is 0.219 e. The molecule has 1 rings (SSSR count). The second-order valence-electron chi connectivity index (χ2n) is 3.15. The molecule has 0 bridgehead atoms. The van der Waals surface area contributed by atoms with E-state index in [0.717, 1.165) is 5.56 Å². The molecule has 1 atom stereocenters. The molecule has 0 aliphatic rings. The first-order chi connectivity index (χ1) is 6.00. The number of aryl methyl sites for hydroxylation is 2. The molecule has 0 aromatic carbocycles. The zero-order chi connectivity index (χ0) is 10.0. The second-order valence-corrected chi connectivity index (χ2v) is 4.61. The van der Waals surface area contributed by atoms with E-state index in [2.05, 4.69) is 0 Å². The van der Waals surface area contributed by atoms with Gasteiger partial charge in [0.1, 0.15) is 0 Å². The van der Waals surface area contributed by atoms with Crippen LogP contribution in [0.25, 0.3) is 0 Å². The van der Waals surface area contributed by atoms with Crippen molar-refractivity contribution in [2.45, 2.75) is 26.3 Å². The predicted octanol–water partition coefficient (Wildman–Crippen LogP) is 1.24. The number of thiophene rings is 1. The fourth-order valence-corrected chi connectivity index (χ4v) is 2.34. The second kappa shape index (κ2) is 3.89. The molecule has 4 heteroatoms. The zero-order valence-electron chi connectivity index (χ0n) is 7.83. The summed E-state index contributed by atoms with van der Waals surface area (Å²) in [5.41, 5.74) is 11.9. The van der Waals surface area contributed by atoms with E-state index in [0.29, 0.717) is 0 Å². The van der Waals surface area contributed by atoms with Crippen LogP contribution >= 0.6 is 11.3 Å². The van der Waals surface area contributed by atoms with Gasteiger partial charge < -0.3 is 11.5 Å². The molecular weight excluding hydrogens is 184 g/mol. The van der Waals surface area contributed by atoms with Crippen molar-refractivity contribution in [1.82, 2.24) is 0 Å². The van der Waals surface area contributed by atoms with Crippen molar-refractivity contribution in [2.24, 2.45) is 11.5 Å². The van der Waals surface area contributed by atoms with Gasteiger partial charge in [0.25, 0.3) is 0 Å². The summed E-state index contributed by atoms with van der Waals surface area (Å²) in [7, 11) is 0. The average molecular weight is 198 g/mol. The summed E-state index contributed by atoms with van der Waals surface area (Å²) < 4.78 is 0. The molecule has 0 radical (unpaired) electrons. The van der Waals surface area contributed by atoms with E-state index >= 15 is 0 Å². The molecule has 0 saturated carbocycles. The van der Waals surface area contributed by atoms with Crippen molar-refractivity contribution >= 4 is 17.2 Å². The normalized spacial score (nSPS) is 12.8. The molecule has 0 saturated heterocycles. The minimum atomic E-state index is -0.351. The highest BCUT2D eigenvalue weighted by Crippen LogP contribution is 2.26. The third kappa shape index (κ3) is 2.54. The Morgan fingerprint density at radius 1 is 1.62 bits per heavy atom. The van der Waals surface area contributed by atoms with Crippen molar-refractivity contribution < 1.29 is 4.79 Å². The van der Waals surface area contributed by atoms with E-state index in [1.165, 1.54) is 9.75 Å². The highest BCUT2D eigenvalue weighted by molar-refractivity contribution is 7.12. The van der Waals surface area contributed by atoms with E-state index in [9.17, 15) is 4.79 Å². The minimum Gasteiger partial charge on any atom is -0.370 e. The summed E-state index contributed by atoms with van der Waals surface area (Å²) in [4.78, 5) is 13.0. The van der Waals surface area contributed by atoms with Crippen LogP contribution in [0.5, 0.6) is 0 Å². The number of rotatable bonds is 3. The maximum absolute atomic E-state index is 10.6. The van der Waals surface area contributed by atoms with E-state index in [1.54, 1.807) is 11.3 Å². The van der Waals surface area contributed by atoms with Gasteiger partial charge in [-0.25, -0.2) is 0 Å². The van der Waals surface area contributed by atoms with Crippen molar-refractivity contribution in [2.75, 3.05) is 0 Å². The van der Waals surface area contributed by atoms with Gasteiger partial charge in [-0.05, 0) is 25.5 Å². The van der Waals surface area contributed by atoms with Crippen LogP contribution in [0.1, 0.15) is 27.8 Å². The number of carbonyl (C=O) groups is 1. The van der Waals surface area contributed by atoms with Crippen LogP contribution in [0, 0.1) is 13.8 Å². The Balaban J connectivity index is 2.81. The Morgan fingerprint density at radius 2 is 2.23 bits per heavy atom. The van der Waals surface area contributed by atoms with Gasteiger partial charge in [0.15, 0.2) is 0 Å². The monoisotopic (exact) mass is 198 g/mol. The Bertz CT molecular complexity index is 319. The standard InChI is InChI=1S/C9H14N2OS/c1-5-3-7(6(2)13-5)8(10)4-9(11)12/h3,8H,4,10H2,1-2H3,(H2,11,12). The Hall–Kier alpha value is -0.870. The molecule has 0 aliphatic heterocycles. The highest BCUT2D eigenvalue weighted by atomic mass is 32.1. The number of amides is 1. The van der Waals surface area contributed by atoms with Crippen molar-refractivity contribution in [3.05, 3.63) is 21.4 Å². The third-order valence-electron chi connectivity index (χ3n) is 1.90. The van der Waals surface area contributed by atoms with Gasteiger partial charge in [-0.3, -0.25) is 4.79 Å². The number of primary amides is 1. The van der Waals surface area contributed by atoms with Crippen LogP contribution in [0.15, 0.2) is 6.07 Å². The summed E-state index contributed by atoms with van der Waals surface area (Å²) in [6.45, 7) is 4.03. The molecule has 1 amide bonds. The lowest BCUT2D eigenvalue weighted by Gasteiger charge is -2.08. The zero-order valence-corrected chi connectivity index (χ0v) is 8.65. The maximum atomic E-state index is 10.6. The molecule has 1 unspecified atom stereocenters. The molecule has 3 nitrogen and oxygen atoms in total. The Labute approximate surface area is 81.7 Å². The molecule has 1 heterocycles. The largest absolute Gasteiger partial charge is 0.370 e. The Morgan fingerprint density at radius 3 is 2.62 bits per heavy atom. The van der Waals surface area contributed by atoms with E-state index in [-0.39, 0.29) is 18.4 Å². The minimum absolute atomic E-state index is 0.219. The van der Waals surface area contributed by atoms with Gasteiger partial charge in [0, 0.05) is 22.2 Å². The van der Waals surface area contributed by atoms with Gasteiger partial charge in [-0.1, -0.05) is 0 Å². The third-order valence-corrected chi connectivity index (χ3v) is 2.88. The molecule has 1 aromatic rings. The molecule has 13 heavy (non-hydrogen) atoms. The van der Waals surface area contributed by atoms with E-state index in [4.69, 9.17) is 11.5 Å². The molecule has 0 spiro atoms. The van der Waals surface area contributed by atoms with Gasteiger partial charge in [-0.15, -0.1) is 11.3 Å². The lowest BCUT2D eigenvalue weighted by molar-refractivity contribution is -0.118. The first kappa shape index (κ1) is 10.2. The van der Waals surface area contributed by atoms with Gasteiger partial charge >= 0.3 is 0 Å². The number of hydrogen-bond acceptors (Lipinski definition) is 3. The molecule has 0 aliphatic carbocycles. The summed E-state index contributed by atoms with van der Waals surface area (Å²) in [6, 6.07) is 1.77. The van der Waals surface area contributed by atoms with Crippen LogP contribution in [0.4, 0.5) is 0 Å². The summed E-state index contributed by atoms with van der Waals surface area (Å²) in [5, 5.41) is 0. The van der Waals surface area contributed by atoms with Crippen molar-refractivity contribution in [1.29, 1.82) is 0 Å². The number of hydrogen-bond donors (Lipinski definition) is 2. The van der Waals surface area contributed by atoms with Crippen LogP contribution in [0.2, 0.25) is 0 Å².